The Kier molecular flexibility index (Phi) is 5.40. The summed E-state index contributed by atoms with van der Waals surface area (Å²) in [6, 6.07) is 11.9. The molecule has 0 saturated heterocycles. The highest BCUT2D eigenvalue weighted by molar-refractivity contribution is 6.30. The summed E-state index contributed by atoms with van der Waals surface area (Å²) < 4.78 is 26.2. The Balaban J connectivity index is 1.44. The van der Waals surface area contributed by atoms with Crippen molar-refractivity contribution >= 4 is 23.3 Å². The molecule has 0 radical (unpaired) electrons. The zero-order chi connectivity index (χ0) is 20.4. The number of benzene rings is 2. The number of hydrogen-bond donors (Lipinski definition) is 1. The highest BCUT2D eigenvalue weighted by Gasteiger charge is 2.27. The van der Waals surface area contributed by atoms with E-state index in [-0.39, 0.29) is 23.5 Å². The van der Waals surface area contributed by atoms with Crippen molar-refractivity contribution in [3.63, 3.8) is 0 Å². The molecule has 1 aromatic heterocycles. The zero-order valence-electron chi connectivity index (χ0n) is 15.7. The number of rotatable bonds is 5. The number of carbonyl (C=O) groups is 1. The van der Waals surface area contributed by atoms with Crippen LogP contribution in [-0.2, 0) is 17.8 Å². The molecule has 2 aromatic carbocycles. The van der Waals surface area contributed by atoms with Gasteiger partial charge in [0.15, 0.2) is 0 Å². The SMILES string of the molecule is COc1ccc2c(c1)OCC(C(=O)Nc1ccnn1Cc1ccc(Cl)c(F)c1)C2. The Morgan fingerprint density at radius 1 is 1.34 bits per heavy atom. The molecule has 1 unspecified atom stereocenters. The second kappa shape index (κ2) is 8.13. The number of aromatic nitrogens is 2. The van der Waals surface area contributed by atoms with Gasteiger partial charge in [-0.1, -0.05) is 23.7 Å². The van der Waals surface area contributed by atoms with Crippen molar-refractivity contribution in [1.29, 1.82) is 0 Å². The minimum atomic E-state index is -0.489. The van der Waals surface area contributed by atoms with Gasteiger partial charge in [0.1, 0.15) is 29.7 Å². The van der Waals surface area contributed by atoms with E-state index in [1.165, 1.54) is 12.1 Å². The van der Waals surface area contributed by atoms with Crippen molar-refractivity contribution in [1.82, 2.24) is 9.78 Å². The molecule has 1 amide bonds. The Labute approximate surface area is 172 Å². The van der Waals surface area contributed by atoms with Gasteiger partial charge < -0.3 is 14.8 Å². The molecule has 0 fully saturated rings. The van der Waals surface area contributed by atoms with E-state index in [1.807, 2.05) is 18.2 Å². The smallest absolute Gasteiger partial charge is 0.232 e. The van der Waals surface area contributed by atoms with Crippen molar-refractivity contribution in [3.8, 4) is 11.5 Å². The molecule has 8 heteroatoms. The Bertz CT molecular complexity index is 1050. The lowest BCUT2D eigenvalue weighted by Gasteiger charge is -2.25. The standard InChI is InChI=1S/C21H19ClFN3O3/c1-28-16-4-3-14-9-15(12-29-19(14)10-16)21(27)25-20-6-7-24-26(20)11-13-2-5-17(22)18(23)8-13/h2-8,10,15H,9,11-12H2,1H3,(H,25,27). The lowest BCUT2D eigenvalue weighted by atomic mass is 9.96. The Hall–Kier alpha value is -3.06. The second-order valence-electron chi connectivity index (χ2n) is 6.80. The molecule has 0 aliphatic carbocycles. The third-order valence-electron chi connectivity index (χ3n) is 4.84. The first-order valence-electron chi connectivity index (χ1n) is 9.10. The average molecular weight is 416 g/mol. The third-order valence-corrected chi connectivity index (χ3v) is 5.14. The number of anilines is 1. The topological polar surface area (TPSA) is 65.4 Å². The average Bonchev–Trinajstić information content (AvgIpc) is 3.16. The maximum atomic E-state index is 13.7. The van der Waals surface area contributed by atoms with Gasteiger partial charge in [0.2, 0.25) is 5.91 Å². The number of nitrogens with zero attached hydrogens (tertiary/aromatic N) is 2. The van der Waals surface area contributed by atoms with Gasteiger partial charge in [-0.05, 0) is 35.7 Å². The van der Waals surface area contributed by atoms with Gasteiger partial charge in [0.25, 0.3) is 0 Å². The number of methoxy groups -OCH3 is 1. The first-order valence-corrected chi connectivity index (χ1v) is 9.47. The number of carbonyl (C=O) groups excluding carboxylic acids is 1. The van der Waals surface area contributed by atoms with E-state index in [0.717, 1.165) is 11.3 Å². The van der Waals surface area contributed by atoms with Crippen molar-refractivity contribution in [2.75, 3.05) is 19.0 Å². The normalized spacial score (nSPS) is 15.3. The van der Waals surface area contributed by atoms with E-state index in [4.69, 9.17) is 21.1 Å². The Morgan fingerprint density at radius 2 is 2.21 bits per heavy atom. The minimum absolute atomic E-state index is 0.0675. The molecule has 1 aliphatic rings. The number of halogens is 2. The van der Waals surface area contributed by atoms with Crippen molar-refractivity contribution < 1.29 is 18.7 Å². The molecular weight excluding hydrogens is 397 g/mol. The van der Waals surface area contributed by atoms with Gasteiger partial charge in [0, 0.05) is 12.1 Å². The van der Waals surface area contributed by atoms with Crippen LogP contribution in [0.3, 0.4) is 0 Å². The summed E-state index contributed by atoms with van der Waals surface area (Å²) in [7, 11) is 1.60. The van der Waals surface area contributed by atoms with Crippen LogP contribution in [-0.4, -0.2) is 29.4 Å². The molecular formula is C21H19ClFN3O3. The summed E-state index contributed by atoms with van der Waals surface area (Å²) >= 11 is 5.73. The van der Waals surface area contributed by atoms with Crippen LogP contribution in [0.25, 0.3) is 0 Å². The molecule has 150 valence electrons. The van der Waals surface area contributed by atoms with E-state index >= 15 is 0 Å². The molecule has 6 nitrogen and oxygen atoms in total. The van der Waals surface area contributed by atoms with E-state index in [9.17, 15) is 9.18 Å². The summed E-state index contributed by atoms with van der Waals surface area (Å²) in [4.78, 5) is 12.8. The van der Waals surface area contributed by atoms with Gasteiger partial charge in [-0.15, -0.1) is 0 Å². The van der Waals surface area contributed by atoms with E-state index in [1.54, 1.807) is 30.1 Å². The molecule has 2 heterocycles. The summed E-state index contributed by atoms with van der Waals surface area (Å²) in [5.74, 6) is 1.02. The third kappa shape index (κ3) is 4.19. The van der Waals surface area contributed by atoms with Gasteiger partial charge in [-0.25, -0.2) is 9.07 Å². The molecule has 29 heavy (non-hydrogen) atoms. The van der Waals surface area contributed by atoms with Gasteiger partial charge in [0.05, 0.1) is 30.8 Å². The van der Waals surface area contributed by atoms with Crippen molar-refractivity contribution in [2.45, 2.75) is 13.0 Å². The largest absolute Gasteiger partial charge is 0.497 e. The first-order chi connectivity index (χ1) is 14.0. The fourth-order valence-electron chi connectivity index (χ4n) is 3.25. The summed E-state index contributed by atoms with van der Waals surface area (Å²) in [6.07, 6.45) is 2.16. The van der Waals surface area contributed by atoms with Crippen molar-refractivity contribution in [2.24, 2.45) is 5.92 Å². The molecule has 0 saturated carbocycles. The minimum Gasteiger partial charge on any atom is -0.497 e. The van der Waals surface area contributed by atoms with E-state index in [0.29, 0.717) is 30.1 Å². The maximum absolute atomic E-state index is 13.7. The highest BCUT2D eigenvalue weighted by Crippen LogP contribution is 2.31. The second-order valence-corrected chi connectivity index (χ2v) is 7.20. The van der Waals surface area contributed by atoms with Crippen LogP contribution in [0.4, 0.5) is 10.2 Å². The fourth-order valence-corrected chi connectivity index (χ4v) is 3.37. The zero-order valence-corrected chi connectivity index (χ0v) is 16.4. The van der Waals surface area contributed by atoms with Crippen LogP contribution in [0.5, 0.6) is 11.5 Å². The molecule has 4 rings (SSSR count). The van der Waals surface area contributed by atoms with E-state index in [2.05, 4.69) is 10.4 Å². The predicted octanol–water partition coefficient (Wildman–Crippen LogP) is 3.92. The summed E-state index contributed by atoms with van der Waals surface area (Å²) in [5.41, 5.74) is 1.65. The molecule has 0 bridgehead atoms. The molecule has 1 atom stereocenters. The molecule has 3 aromatic rings. The summed E-state index contributed by atoms with van der Waals surface area (Å²) in [6.45, 7) is 0.586. The van der Waals surface area contributed by atoms with Gasteiger partial charge in [-0.2, -0.15) is 5.10 Å². The predicted molar refractivity (Wildman–Crippen MR) is 107 cm³/mol. The number of nitrogens with one attached hydrogen (secondary N) is 1. The van der Waals surface area contributed by atoms with E-state index < -0.39 is 5.82 Å². The van der Waals surface area contributed by atoms with Gasteiger partial charge >= 0.3 is 0 Å². The van der Waals surface area contributed by atoms with Crippen molar-refractivity contribution in [3.05, 3.63) is 70.6 Å². The fraction of sp³-hybridized carbons (Fsp3) is 0.238. The van der Waals surface area contributed by atoms with Crippen LogP contribution in [0.15, 0.2) is 48.7 Å². The summed E-state index contributed by atoms with van der Waals surface area (Å²) in [5, 5.41) is 7.18. The number of hydrogen-bond acceptors (Lipinski definition) is 4. The quantitative estimate of drug-likeness (QED) is 0.686. The van der Waals surface area contributed by atoms with Crippen LogP contribution >= 0.6 is 11.6 Å². The Morgan fingerprint density at radius 3 is 3.00 bits per heavy atom. The number of ether oxygens (including phenoxy) is 2. The first kappa shape index (κ1) is 19.3. The number of amides is 1. The molecule has 0 spiro atoms. The van der Waals surface area contributed by atoms with Crippen LogP contribution in [0.2, 0.25) is 5.02 Å². The molecule has 1 aliphatic heterocycles. The van der Waals surface area contributed by atoms with Crippen LogP contribution < -0.4 is 14.8 Å². The lowest BCUT2D eigenvalue weighted by molar-refractivity contribution is -0.121. The van der Waals surface area contributed by atoms with Crippen LogP contribution in [0.1, 0.15) is 11.1 Å². The van der Waals surface area contributed by atoms with Gasteiger partial charge in [-0.3, -0.25) is 4.79 Å². The monoisotopic (exact) mass is 415 g/mol. The molecule has 1 N–H and O–H groups in total. The van der Waals surface area contributed by atoms with Crippen LogP contribution in [0, 0.1) is 11.7 Å². The lowest BCUT2D eigenvalue weighted by Crippen LogP contribution is -2.33. The maximum Gasteiger partial charge on any atom is 0.232 e. The number of fused-ring (bicyclic) bond motifs is 1. The highest BCUT2D eigenvalue weighted by atomic mass is 35.5.